The summed E-state index contributed by atoms with van der Waals surface area (Å²) in [5.41, 5.74) is 3.27. The Labute approximate surface area is 125 Å². The van der Waals surface area contributed by atoms with E-state index < -0.39 is 12.0 Å². The highest BCUT2D eigenvalue weighted by molar-refractivity contribution is 5.94. The van der Waals surface area contributed by atoms with E-state index in [0.717, 1.165) is 24.0 Å². The molecule has 0 aromatic heterocycles. The second kappa shape index (κ2) is 6.57. The van der Waals surface area contributed by atoms with Crippen LogP contribution in [0.1, 0.15) is 36.0 Å². The van der Waals surface area contributed by atoms with E-state index in [2.05, 4.69) is 6.07 Å². The number of amides is 1. The minimum atomic E-state index is -0.914. The third-order valence-corrected chi connectivity index (χ3v) is 3.90. The molecular weight excluding hydrogens is 266 g/mol. The molecule has 1 aliphatic heterocycles. The SMILES string of the molecule is Cc1ccc(C=CC(=O)N2CCCC[C@H]2C(=O)O)c(C)c1. The Balaban J connectivity index is 2.12. The van der Waals surface area contributed by atoms with E-state index in [1.165, 1.54) is 16.5 Å². The minimum absolute atomic E-state index is 0.220. The molecule has 1 aromatic rings. The molecule has 1 amide bonds. The zero-order valence-electron chi connectivity index (χ0n) is 12.5. The predicted molar refractivity (Wildman–Crippen MR) is 81.9 cm³/mol. The number of hydrogen-bond acceptors (Lipinski definition) is 2. The number of carbonyl (C=O) groups is 2. The van der Waals surface area contributed by atoms with Gasteiger partial charge in [0.1, 0.15) is 6.04 Å². The van der Waals surface area contributed by atoms with Gasteiger partial charge in [0.2, 0.25) is 5.91 Å². The van der Waals surface area contributed by atoms with Crippen molar-refractivity contribution in [2.45, 2.75) is 39.2 Å². The zero-order valence-corrected chi connectivity index (χ0v) is 12.5. The Bertz CT molecular complexity index is 577. The molecule has 1 N–H and O–H groups in total. The van der Waals surface area contributed by atoms with Crippen molar-refractivity contribution in [1.82, 2.24) is 4.90 Å². The monoisotopic (exact) mass is 287 g/mol. The fraction of sp³-hybridized carbons (Fsp3) is 0.412. The van der Waals surface area contributed by atoms with Crippen molar-refractivity contribution >= 4 is 18.0 Å². The molecule has 0 spiro atoms. The largest absolute Gasteiger partial charge is 0.480 e. The van der Waals surface area contributed by atoms with Crippen LogP contribution in [0.3, 0.4) is 0 Å². The molecule has 0 radical (unpaired) electrons. The highest BCUT2D eigenvalue weighted by atomic mass is 16.4. The van der Waals surface area contributed by atoms with Crippen molar-refractivity contribution < 1.29 is 14.7 Å². The van der Waals surface area contributed by atoms with Gasteiger partial charge in [0.25, 0.3) is 0 Å². The highest BCUT2D eigenvalue weighted by Gasteiger charge is 2.30. The first-order chi connectivity index (χ1) is 9.99. The van der Waals surface area contributed by atoms with Crippen LogP contribution in [-0.4, -0.2) is 34.5 Å². The zero-order chi connectivity index (χ0) is 15.4. The maximum Gasteiger partial charge on any atom is 0.326 e. The van der Waals surface area contributed by atoms with Gasteiger partial charge in [0.05, 0.1) is 0 Å². The van der Waals surface area contributed by atoms with Crippen molar-refractivity contribution in [2.24, 2.45) is 0 Å². The summed E-state index contributed by atoms with van der Waals surface area (Å²) >= 11 is 0. The number of carbonyl (C=O) groups excluding carboxylic acids is 1. The van der Waals surface area contributed by atoms with Gasteiger partial charge in [-0.3, -0.25) is 4.79 Å². The molecule has 112 valence electrons. The van der Waals surface area contributed by atoms with Crippen LogP contribution in [0, 0.1) is 13.8 Å². The van der Waals surface area contributed by atoms with Crippen LogP contribution in [0.25, 0.3) is 6.08 Å². The third kappa shape index (κ3) is 3.72. The van der Waals surface area contributed by atoms with Gasteiger partial charge in [0.15, 0.2) is 0 Å². The molecule has 1 heterocycles. The van der Waals surface area contributed by atoms with Crippen LogP contribution in [0.5, 0.6) is 0 Å². The van der Waals surface area contributed by atoms with Crippen LogP contribution in [0.2, 0.25) is 0 Å². The van der Waals surface area contributed by atoms with Crippen LogP contribution >= 0.6 is 0 Å². The van der Waals surface area contributed by atoms with Crippen LogP contribution in [0.4, 0.5) is 0 Å². The number of piperidine rings is 1. The lowest BCUT2D eigenvalue weighted by Gasteiger charge is -2.32. The molecule has 1 aromatic carbocycles. The second-order valence-electron chi connectivity index (χ2n) is 5.57. The number of aliphatic carboxylic acids is 1. The van der Waals surface area contributed by atoms with Crippen molar-refractivity contribution in [3.8, 4) is 0 Å². The van der Waals surface area contributed by atoms with Crippen molar-refractivity contribution in [1.29, 1.82) is 0 Å². The Morgan fingerprint density at radius 3 is 2.71 bits per heavy atom. The molecule has 0 bridgehead atoms. The standard InChI is InChI=1S/C17H21NO3/c1-12-6-7-14(13(2)11-12)8-9-16(19)18-10-4-3-5-15(18)17(20)21/h6-9,11,15H,3-5,10H2,1-2H3,(H,20,21)/t15-/m0/s1. The number of nitrogens with zero attached hydrogens (tertiary/aromatic N) is 1. The molecule has 0 saturated carbocycles. The molecule has 4 nitrogen and oxygen atoms in total. The Morgan fingerprint density at radius 1 is 1.29 bits per heavy atom. The van der Waals surface area contributed by atoms with Gasteiger partial charge in [-0.1, -0.05) is 23.8 Å². The van der Waals surface area contributed by atoms with Gasteiger partial charge in [-0.15, -0.1) is 0 Å². The molecule has 1 fully saturated rings. The van der Waals surface area contributed by atoms with Crippen molar-refractivity contribution in [3.05, 3.63) is 41.0 Å². The maximum atomic E-state index is 12.2. The third-order valence-electron chi connectivity index (χ3n) is 3.90. The van der Waals surface area contributed by atoms with E-state index in [-0.39, 0.29) is 5.91 Å². The normalized spacial score (nSPS) is 19.0. The predicted octanol–water partition coefficient (Wildman–Crippen LogP) is 2.78. The van der Waals surface area contributed by atoms with E-state index in [4.69, 9.17) is 0 Å². The Kier molecular flexibility index (Phi) is 4.78. The summed E-state index contributed by atoms with van der Waals surface area (Å²) < 4.78 is 0. The van der Waals surface area contributed by atoms with Gasteiger partial charge in [-0.25, -0.2) is 4.79 Å². The fourth-order valence-corrected chi connectivity index (χ4v) is 2.72. The molecule has 2 rings (SSSR count). The number of rotatable bonds is 3. The van der Waals surface area contributed by atoms with Crippen LogP contribution in [-0.2, 0) is 9.59 Å². The molecule has 21 heavy (non-hydrogen) atoms. The lowest BCUT2D eigenvalue weighted by atomic mass is 10.0. The maximum absolute atomic E-state index is 12.2. The van der Waals surface area contributed by atoms with Gasteiger partial charge in [-0.2, -0.15) is 0 Å². The smallest absolute Gasteiger partial charge is 0.326 e. The average molecular weight is 287 g/mol. The minimum Gasteiger partial charge on any atom is -0.480 e. The lowest BCUT2D eigenvalue weighted by Crippen LogP contribution is -2.47. The summed E-state index contributed by atoms with van der Waals surface area (Å²) in [6.07, 6.45) is 5.52. The first kappa shape index (κ1) is 15.3. The summed E-state index contributed by atoms with van der Waals surface area (Å²) in [5, 5.41) is 9.20. The summed E-state index contributed by atoms with van der Waals surface area (Å²) in [7, 11) is 0. The summed E-state index contributed by atoms with van der Waals surface area (Å²) in [5.74, 6) is -1.13. The van der Waals surface area contributed by atoms with E-state index in [0.29, 0.717) is 13.0 Å². The van der Waals surface area contributed by atoms with Crippen molar-refractivity contribution in [3.63, 3.8) is 0 Å². The molecule has 0 unspecified atom stereocenters. The van der Waals surface area contributed by atoms with E-state index in [1.807, 2.05) is 26.0 Å². The number of likely N-dealkylation sites (tertiary alicyclic amines) is 1. The van der Waals surface area contributed by atoms with E-state index >= 15 is 0 Å². The second-order valence-corrected chi connectivity index (χ2v) is 5.57. The highest BCUT2D eigenvalue weighted by Crippen LogP contribution is 2.18. The molecular formula is C17H21NO3. The van der Waals surface area contributed by atoms with Crippen LogP contribution in [0.15, 0.2) is 24.3 Å². The molecule has 4 heteroatoms. The number of carboxylic acid groups (broad SMARTS) is 1. The Hall–Kier alpha value is -2.10. The Morgan fingerprint density at radius 2 is 2.05 bits per heavy atom. The van der Waals surface area contributed by atoms with Gasteiger partial charge in [0, 0.05) is 12.6 Å². The summed E-state index contributed by atoms with van der Waals surface area (Å²) in [4.78, 5) is 24.9. The number of benzene rings is 1. The fourth-order valence-electron chi connectivity index (χ4n) is 2.72. The number of carboxylic acids is 1. The molecule has 0 aliphatic carbocycles. The first-order valence-electron chi connectivity index (χ1n) is 7.28. The molecule has 1 saturated heterocycles. The van der Waals surface area contributed by atoms with Crippen molar-refractivity contribution in [2.75, 3.05) is 6.54 Å². The average Bonchev–Trinajstić information content (AvgIpc) is 2.46. The topological polar surface area (TPSA) is 57.6 Å². The summed E-state index contributed by atoms with van der Waals surface area (Å²) in [6.45, 7) is 4.54. The summed E-state index contributed by atoms with van der Waals surface area (Å²) in [6, 6.07) is 5.35. The quantitative estimate of drug-likeness (QED) is 0.870. The first-order valence-corrected chi connectivity index (χ1v) is 7.28. The number of aryl methyl sites for hydroxylation is 2. The van der Waals surface area contributed by atoms with Gasteiger partial charge in [-0.05, 0) is 50.3 Å². The molecule has 1 atom stereocenters. The van der Waals surface area contributed by atoms with Crippen LogP contribution < -0.4 is 0 Å². The van der Waals surface area contributed by atoms with E-state index in [1.54, 1.807) is 6.08 Å². The van der Waals surface area contributed by atoms with Gasteiger partial charge < -0.3 is 10.0 Å². The lowest BCUT2D eigenvalue weighted by molar-refractivity contribution is -0.150. The molecule has 1 aliphatic rings. The number of hydrogen-bond donors (Lipinski definition) is 1. The van der Waals surface area contributed by atoms with E-state index in [9.17, 15) is 14.7 Å². The van der Waals surface area contributed by atoms with Gasteiger partial charge >= 0.3 is 5.97 Å².